The van der Waals surface area contributed by atoms with Gasteiger partial charge < -0.3 is 4.90 Å². The molecule has 2 heterocycles. The standard InChI is InChI=1S/C20H24N4/c1-16(2)18-7-5-17(6-8-18)15-23-10-12-24(13-11-23)20-19(14-21)4-3-9-22-20/h3-9,16H,10-13,15H2,1-2H3. The zero-order valence-corrected chi connectivity index (χ0v) is 14.4. The fourth-order valence-corrected chi connectivity index (χ4v) is 3.12. The van der Waals surface area contributed by atoms with Gasteiger partial charge in [0.05, 0.1) is 5.56 Å². The third-order valence-electron chi connectivity index (χ3n) is 4.63. The van der Waals surface area contributed by atoms with E-state index in [1.807, 2.05) is 12.1 Å². The van der Waals surface area contributed by atoms with Gasteiger partial charge in [-0.15, -0.1) is 0 Å². The number of aromatic nitrogens is 1. The molecule has 1 saturated heterocycles. The van der Waals surface area contributed by atoms with Gasteiger partial charge in [0.2, 0.25) is 0 Å². The molecule has 0 bridgehead atoms. The van der Waals surface area contributed by atoms with Crippen molar-refractivity contribution in [2.75, 3.05) is 31.1 Å². The van der Waals surface area contributed by atoms with Gasteiger partial charge in [-0.25, -0.2) is 4.98 Å². The molecule has 0 unspecified atom stereocenters. The first-order valence-corrected chi connectivity index (χ1v) is 8.58. The second-order valence-electron chi connectivity index (χ2n) is 6.65. The van der Waals surface area contributed by atoms with Crippen molar-refractivity contribution in [1.29, 1.82) is 5.26 Å². The van der Waals surface area contributed by atoms with Crippen LogP contribution in [0.25, 0.3) is 0 Å². The summed E-state index contributed by atoms with van der Waals surface area (Å²) in [5.41, 5.74) is 3.42. The maximum Gasteiger partial charge on any atom is 0.146 e. The third-order valence-corrected chi connectivity index (χ3v) is 4.63. The van der Waals surface area contributed by atoms with E-state index in [0.29, 0.717) is 11.5 Å². The van der Waals surface area contributed by atoms with E-state index >= 15 is 0 Å². The molecule has 0 saturated carbocycles. The van der Waals surface area contributed by atoms with Crippen LogP contribution in [0.3, 0.4) is 0 Å². The Balaban J connectivity index is 1.58. The highest BCUT2D eigenvalue weighted by atomic mass is 15.3. The molecule has 3 rings (SSSR count). The molecule has 4 nitrogen and oxygen atoms in total. The van der Waals surface area contributed by atoms with Gasteiger partial charge in [0.25, 0.3) is 0 Å². The largest absolute Gasteiger partial charge is 0.353 e. The minimum Gasteiger partial charge on any atom is -0.353 e. The van der Waals surface area contributed by atoms with E-state index in [4.69, 9.17) is 0 Å². The molecular formula is C20H24N4. The molecule has 0 spiro atoms. The smallest absolute Gasteiger partial charge is 0.146 e. The van der Waals surface area contributed by atoms with E-state index in [9.17, 15) is 5.26 Å². The van der Waals surface area contributed by atoms with E-state index in [0.717, 1.165) is 38.5 Å². The Labute approximate surface area is 144 Å². The SMILES string of the molecule is CC(C)c1ccc(CN2CCN(c3ncccc3C#N)CC2)cc1. The van der Waals surface area contributed by atoms with Crippen molar-refractivity contribution in [3.8, 4) is 6.07 Å². The Kier molecular flexibility index (Phi) is 5.12. The highest BCUT2D eigenvalue weighted by molar-refractivity contribution is 5.53. The summed E-state index contributed by atoms with van der Waals surface area (Å²) in [6, 6.07) is 14.9. The van der Waals surface area contributed by atoms with Crippen LogP contribution < -0.4 is 4.90 Å². The van der Waals surface area contributed by atoms with Crippen LogP contribution in [-0.4, -0.2) is 36.1 Å². The van der Waals surface area contributed by atoms with Gasteiger partial charge >= 0.3 is 0 Å². The van der Waals surface area contributed by atoms with E-state index in [1.165, 1.54) is 11.1 Å². The molecule has 1 aromatic carbocycles. The number of pyridine rings is 1. The van der Waals surface area contributed by atoms with Crippen molar-refractivity contribution in [3.05, 3.63) is 59.3 Å². The fraction of sp³-hybridized carbons (Fsp3) is 0.400. The molecular weight excluding hydrogens is 296 g/mol. The van der Waals surface area contributed by atoms with E-state index in [-0.39, 0.29) is 0 Å². The second-order valence-corrected chi connectivity index (χ2v) is 6.65. The molecule has 0 N–H and O–H groups in total. The van der Waals surface area contributed by atoms with Crippen LogP contribution in [0, 0.1) is 11.3 Å². The van der Waals surface area contributed by atoms with Gasteiger partial charge in [-0.05, 0) is 29.2 Å². The zero-order valence-electron chi connectivity index (χ0n) is 14.4. The first kappa shape index (κ1) is 16.5. The molecule has 1 aliphatic heterocycles. The maximum absolute atomic E-state index is 9.23. The van der Waals surface area contributed by atoms with Crippen LogP contribution in [-0.2, 0) is 6.54 Å². The molecule has 1 aromatic heterocycles. The number of hydrogen-bond donors (Lipinski definition) is 0. The van der Waals surface area contributed by atoms with Crippen LogP contribution >= 0.6 is 0 Å². The molecule has 1 aliphatic rings. The van der Waals surface area contributed by atoms with Gasteiger partial charge in [0.1, 0.15) is 11.9 Å². The number of piperazine rings is 1. The molecule has 1 fully saturated rings. The molecule has 0 atom stereocenters. The second kappa shape index (κ2) is 7.46. The summed E-state index contributed by atoms with van der Waals surface area (Å²) < 4.78 is 0. The van der Waals surface area contributed by atoms with Crippen LogP contribution in [0.5, 0.6) is 0 Å². The lowest BCUT2D eigenvalue weighted by molar-refractivity contribution is 0.249. The van der Waals surface area contributed by atoms with Crippen molar-refractivity contribution >= 4 is 5.82 Å². The van der Waals surface area contributed by atoms with E-state index < -0.39 is 0 Å². The van der Waals surface area contributed by atoms with Crippen LogP contribution in [0.15, 0.2) is 42.6 Å². The molecule has 0 radical (unpaired) electrons. The van der Waals surface area contributed by atoms with Gasteiger partial charge in [0.15, 0.2) is 0 Å². The lowest BCUT2D eigenvalue weighted by Gasteiger charge is -2.35. The summed E-state index contributed by atoms with van der Waals surface area (Å²) in [6.45, 7) is 9.24. The average Bonchev–Trinajstić information content (AvgIpc) is 2.63. The normalized spacial score (nSPS) is 15.5. The number of anilines is 1. The number of hydrogen-bond acceptors (Lipinski definition) is 4. The Morgan fingerprint density at radius 3 is 2.42 bits per heavy atom. The Morgan fingerprint density at radius 1 is 1.08 bits per heavy atom. The van der Waals surface area contributed by atoms with Gasteiger partial charge in [-0.3, -0.25) is 4.90 Å². The Bertz CT molecular complexity index is 707. The topological polar surface area (TPSA) is 43.2 Å². The van der Waals surface area contributed by atoms with Crippen molar-refractivity contribution in [1.82, 2.24) is 9.88 Å². The predicted molar refractivity (Wildman–Crippen MR) is 97.0 cm³/mol. The van der Waals surface area contributed by atoms with Gasteiger partial charge in [0, 0.05) is 38.9 Å². The van der Waals surface area contributed by atoms with Crippen LogP contribution in [0.1, 0.15) is 36.5 Å². The van der Waals surface area contributed by atoms with Crippen molar-refractivity contribution in [3.63, 3.8) is 0 Å². The number of benzene rings is 1. The highest BCUT2D eigenvalue weighted by Gasteiger charge is 2.20. The minimum atomic E-state index is 0.579. The third kappa shape index (κ3) is 3.74. The van der Waals surface area contributed by atoms with E-state index in [1.54, 1.807) is 6.20 Å². The van der Waals surface area contributed by atoms with Crippen molar-refractivity contribution < 1.29 is 0 Å². The number of nitriles is 1. The van der Waals surface area contributed by atoms with Crippen LogP contribution in [0.2, 0.25) is 0 Å². The summed E-state index contributed by atoms with van der Waals surface area (Å²) in [5.74, 6) is 1.40. The predicted octanol–water partition coefficient (Wildman–Crippen LogP) is 3.40. The molecule has 0 amide bonds. The van der Waals surface area contributed by atoms with Crippen LogP contribution in [0.4, 0.5) is 5.82 Å². The fourth-order valence-electron chi connectivity index (χ4n) is 3.12. The minimum absolute atomic E-state index is 0.579. The Hall–Kier alpha value is -2.38. The lowest BCUT2D eigenvalue weighted by atomic mass is 10.0. The van der Waals surface area contributed by atoms with Gasteiger partial charge in [-0.1, -0.05) is 38.1 Å². The summed E-state index contributed by atoms with van der Waals surface area (Å²) in [6.07, 6.45) is 1.76. The molecule has 124 valence electrons. The molecule has 2 aromatic rings. The molecule has 4 heteroatoms. The Morgan fingerprint density at radius 2 is 1.79 bits per heavy atom. The monoisotopic (exact) mass is 320 g/mol. The average molecular weight is 320 g/mol. The zero-order chi connectivity index (χ0) is 16.9. The number of rotatable bonds is 4. The molecule has 24 heavy (non-hydrogen) atoms. The summed E-state index contributed by atoms with van der Waals surface area (Å²) in [7, 11) is 0. The summed E-state index contributed by atoms with van der Waals surface area (Å²) >= 11 is 0. The van der Waals surface area contributed by atoms with Gasteiger partial charge in [-0.2, -0.15) is 5.26 Å². The van der Waals surface area contributed by atoms with Crippen molar-refractivity contribution in [2.45, 2.75) is 26.3 Å². The first-order chi connectivity index (χ1) is 11.7. The highest BCUT2D eigenvalue weighted by Crippen LogP contribution is 2.20. The molecule has 0 aliphatic carbocycles. The number of nitrogens with zero attached hydrogens (tertiary/aromatic N) is 4. The maximum atomic E-state index is 9.23. The van der Waals surface area contributed by atoms with Crippen molar-refractivity contribution in [2.24, 2.45) is 0 Å². The lowest BCUT2D eigenvalue weighted by Crippen LogP contribution is -2.46. The summed E-state index contributed by atoms with van der Waals surface area (Å²) in [4.78, 5) is 9.08. The quantitative estimate of drug-likeness (QED) is 0.866. The first-order valence-electron chi connectivity index (χ1n) is 8.58. The van der Waals surface area contributed by atoms with E-state index in [2.05, 4.69) is 59.0 Å². The summed E-state index contributed by atoms with van der Waals surface area (Å²) in [5, 5.41) is 9.23.